The van der Waals surface area contributed by atoms with E-state index >= 15 is 0 Å². The highest BCUT2D eigenvalue weighted by atomic mass is 16.5. The number of pyridine rings is 1. The predicted molar refractivity (Wildman–Crippen MR) is 131 cm³/mol. The Hall–Kier alpha value is -4.14. The summed E-state index contributed by atoms with van der Waals surface area (Å²) >= 11 is 0. The number of ether oxygens (including phenoxy) is 1. The lowest BCUT2D eigenvalue weighted by Crippen LogP contribution is -2.38. The highest BCUT2D eigenvalue weighted by molar-refractivity contribution is 5.93. The third kappa shape index (κ3) is 5.61. The van der Waals surface area contributed by atoms with E-state index in [0.29, 0.717) is 48.6 Å². The number of carbonyl (C=O) groups is 3. The molecule has 3 amide bonds. The largest absolute Gasteiger partial charge is 0.481 e. The number of amides is 3. The summed E-state index contributed by atoms with van der Waals surface area (Å²) in [6.07, 6.45) is 1.42. The van der Waals surface area contributed by atoms with Crippen molar-refractivity contribution in [1.29, 1.82) is 0 Å². The number of nitrogens with two attached hydrogens (primary N) is 1. The van der Waals surface area contributed by atoms with Crippen molar-refractivity contribution in [1.82, 2.24) is 4.98 Å². The van der Waals surface area contributed by atoms with Gasteiger partial charge < -0.3 is 26.0 Å². The fourth-order valence-corrected chi connectivity index (χ4v) is 3.98. The summed E-state index contributed by atoms with van der Waals surface area (Å²) in [5.74, 6) is 0.512. The summed E-state index contributed by atoms with van der Waals surface area (Å²) in [6.45, 7) is 2.67. The molecule has 1 fully saturated rings. The molecule has 0 bridgehead atoms. The van der Waals surface area contributed by atoms with Crippen LogP contribution in [0.3, 0.4) is 0 Å². The van der Waals surface area contributed by atoms with E-state index in [1.807, 2.05) is 24.3 Å². The summed E-state index contributed by atoms with van der Waals surface area (Å²) in [5, 5.41) is 6.36. The van der Waals surface area contributed by atoms with E-state index in [0.717, 1.165) is 11.2 Å². The topological polar surface area (TPSA) is 127 Å². The maximum atomic E-state index is 12.4. The smallest absolute Gasteiger partial charge is 0.262 e. The average Bonchev–Trinajstić information content (AvgIpc) is 2.83. The number of nitrogens with zero attached hydrogens (tertiary/aromatic N) is 2. The van der Waals surface area contributed by atoms with Gasteiger partial charge in [-0.3, -0.25) is 14.4 Å². The van der Waals surface area contributed by atoms with Gasteiger partial charge in [-0.2, -0.15) is 0 Å². The Morgan fingerprint density at radius 2 is 1.68 bits per heavy atom. The molecule has 4 N–H and O–H groups in total. The lowest BCUT2D eigenvalue weighted by molar-refractivity contribution is -0.122. The number of carbonyl (C=O) groups excluding carboxylic acids is 3. The molecule has 0 atom stereocenters. The molecule has 0 spiro atoms. The lowest BCUT2D eigenvalue weighted by Gasteiger charge is -2.31. The number of piperidine rings is 1. The molecule has 1 aromatic heterocycles. The zero-order chi connectivity index (χ0) is 24.1. The van der Waals surface area contributed by atoms with Crippen LogP contribution in [0, 0.1) is 5.92 Å². The Morgan fingerprint density at radius 1 is 1.00 bits per heavy atom. The first-order chi connectivity index (χ1) is 16.4. The van der Waals surface area contributed by atoms with Crippen LogP contribution in [0.25, 0.3) is 10.9 Å². The van der Waals surface area contributed by atoms with Crippen LogP contribution in [0.2, 0.25) is 0 Å². The molecule has 176 valence electrons. The summed E-state index contributed by atoms with van der Waals surface area (Å²) in [7, 11) is 0. The number of hydrogen-bond acceptors (Lipinski definition) is 6. The Bertz CT molecular complexity index is 1200. The predicted octanol–water partition coefficient (Wildman–Crippen LogP) is 2.91. The first-order valence-corrected chi connectivity index (χ1v) is 11.1. The van der Waals surface area contributed by atoms with Crippen LogP contribution in [0.1, 0.15) is 19.8 Å². The van der Waals surface area contributed by atoms with Gasteiger partial charge in [0.15, 0.2) is 6.61 Å². The highest BCUT2D eigenvalue weighted by Gasteiger charge is 2.24. The van der Waals surface area contributed by atoms with E-state index in [-0.39, 0.29) is 30.2 Å². The molecule has 9 heteroatoms. The number of primary amides is 1. The normalized spacial score (nSPS) is 14.0. The van der Waals surface area contributed by atoms with Crippen LogP contribution in [-0.4, -0.2) is 42.4 Å². The van der Waals surface area contributed by atoms with Crippen LogP contribution in [0.5, 0.6) is 5.75 Å². The van der Waals surface area contributed by atoms with Gasteiger partial charge >= 0.3 is 0 Å². The molecular weight excluding hydrogens is 434 g/mol. The van der Waals surface area contributed by atoms with Crippen molar-refractivity contribution in [3.8, 4) is 5.75 Å². The number of anilines is 3. The Kier molecular flexibility index (Phi) is 6.91. The molecule has 0 aliphatic carbocycles. The van der Waals surface area contributed by atoms with E-state index < -0.39 is 0 Å². The fourth-order valence-electron chi connectivity index (χ4n) is 3.98. The van der Waals surface area contributed by atoms with Crippen molar-refractivity contribution in [3.63, 3.8) is 0 Å². The van der Waals surface area contributed by atoms with Crippen LogP contribution < -0.4 is 26.0 Å². The summed E-state index contributed by atoms with van der Waals surface area (Å²) in [5.41, 5.74) is 7.36. The summed E-state index contributed by atoms with van der Waals surface area (Å²) in [6, 6.07) is 16.3. The Labute approximate surface area is 197 Å². The molecule has 34 heavy (non-hydrogen) atoms. The van der Waals surface area contributed by atoms with Gasteiger partial charge in [-0.15, -0.1) is 0 Å². The number of rotatable bonds is 7. The van der Waals surface area contributed by atoms with Gasteiger partial charge in [0.1, 0.15) is 17.1 Å². The van der Waals surface area contributed by atoms with E-state index in [1.165, 1.54) is 6.92 Å². The first kappa shape index (κ1) is 23.0. The molecule has 3 aromatic rings. The highest BCUT2D eigenvalue weighted by Crippen LogP contribution is 2.28. The van der Waals surface area contributed by atoms with Crippen molar-refractivity contribution in [2.75, 3.05) is 35.2 Å². The average molecular weight is 462 g/mol. The lowest BCUT2D eigenvalue weighted by atomic mass is 9.96. The van der Waals surface area contributed by atoms with E-state index in [1.54, 1.807) is 30.3 Å². The van der Waals surface area contributed by atoms with E-state index in [4.69, 9.17) is 15.5 Å². The Morgan fingerprint density at radius 3 is 2.32 bits per heavy atom. The van der Waals surface area contributed by atoms with Crippen LogP contribution in [-0.2, 0) is 14.4 Å². The Balaban J connectivity index is 1.40. The zero-order valence-electron chi connectivity index (χ0n) is 18.9. The number of para-hydroxylation sites is 1. The molecule has 1 aliphatic rings. The van der Waals surface area contributed by atoms with Crippen molar-refractivity contribution in [3.05, 3.63) is 54.6 Å². The van der Waals surface area contributed by atoms with Gasteiger partial charge in [0.25, 0.3) is 5.91 Å². The molecule has 9 nitrogen and oxygen atoms in total. The zero-order valence-corrected chi connectivity index (χ0v) is 18.9. The standard InChI is InChI=1S/C25H27N5O4/c1-16(31)27-19-6-8-20(9-7-19)28-23(32)15-34-21-4-2-3-17-5-10-22(29-24(17)21)30-13-11-18(12-14-30)25(26)33/h2-10,18H,11-15H2,1H3,(H2,26,33)(H,27,31)(H,28,32). The van der Waals surface area contributed by atoms with Crippen LogP contribution in [0.15, 0.2) is 54.6 Å². The third-order valence-corrected chi connectivity index (χ3v) is 5.74. The minimum Gasteiger partial charge on any atom is -0.481 e. The molecule has 0 saturated carbocycles. The third-order valence-electron chi connectivity index (χ3n) is 5.74. The maximum absolute atomic E-state index is 12.4. The molecule has 1 aliphatic heterocycles. The van der Waals surface area contributed by atoms with Crippen LogP contribution >= 0.6 is 0 Å². The first-order valence-electron chi connectivity index (χ1n) is 11.1. The van der Waals surface area contributed by atoms with Crippen LogP contribution in [0.4, 0.5) is 17.2 Å². The molecule has 0 unspecified atom stereocenters. The van der Waals surface area contributed by atoms with Gasteiger partial charge in [-0.1, -0.05) is 12.1 Å². The monoisotopic (exact) mass is 461 g/mol. The second kappa shape index (κ2) is 10.2. The van der Waals surface area contributed by atoms with Crippen molar-refractivity contribution in [2.24, 2.45) is 11.7 Å². The minimum absolute atomic E-state index is 0.0873. The number of fused-ring (bicyclic) bond motifs is 1. The second-order valence-corrected chi connectivity index (χ2v) is 8.26. The quantitative estimate of drug-likeness (QED) is 0.497. The molecule has 4 rings (SSSR count). The molecule has 2 heterocycles. The number of nitrogens with one attached hydrogen (secondary N) is 2. The van der Waals surface area contributed by atoms with Crippen molar-refractivity contribution in [2.45, 2.75) is 19.8 Å². The summed E-state index contributed by atoms with van der Waals surface area (Å²) < 4.78 is 5.81. The number of aromatic nitrogens is 1. The fraction of sp³-hybridized carbons (Fsp3) is 0.280. The second-order valence-electron chi connectivity index (χ2n) is 8.26. The SMILES string of the molecule is CC(=O)Nc1ccc(NC(=O)COc2cccc3ccc(N4CCC(C(N)=O)CC4)nc23)cc1. The van der Waals surface area contributed by atoms with Gasteiger partial charge in [0.2, 0.25) is 11.8 Å². The molecule has 1 saturated heterocycles. The van der Waals surface area contributed by atoms with Gasteiger partial charge in [0, 0.05) is 42.7 Å². The molecule has 2 aromatic carbocycles. The van der Waals surface area contributed by atoms with E-state index in [9.17, 15) is 14.4 Å². The number of hydrogen-bond donors (Lipinski definition) is 3. The minimum atomic E-state index is -0.311. The molecule has 0 radical (unpaired) electrons. The summed E-state index contributed by atoms with van der Waals surface area (Å²) in [4.78, 5) is 41.9. The molecular formula is C25H27N5O4. The van der Waals surface area contributed by atoms with Gasteiger partial charge in [-0.05, 0) is 55.3 Å². The van der Waals surface area contributed by atoms with Gasteiger partial charge in [0.05, 0.1) is 0 Å². The maximum Gasteiger partial charge on any atom is 0.262 e. The van der Waals surface area contributed by atoms with Gasteiger partial charge in [-0.25, -0.2) is 4.98 Å². The van der Waals surface area contributed by atoms with E-state index in [2.05, 4.69) is 15.5 Å². The van der Waals surface area contributed by atoms with Crippen molar-refractivity contribution >= 4 is 45.8 Å². The number of benzene rings is 2. The van der Waals surface area contributed by atoms with Crippen molar-refractivity contribution < 1.29 is 19.1 Å².